The van der Waals surface area contributed by atoms with Crippen molar-refractivity contribution in [2.45, 2.75) is 10.8 Å². The highest BCUT2D eigenvalue weighted by Crippen LogP contribution is 2.65. The fourth-order valence-corrected chi connectivity index (χ4v) is 14.6. The van der Waals surface area contributed by atoms with Crippen molar-refractivity contribution in [1.29, 1.82) is 0 Å². The number of anilines is 3. The van der Waals surface area contributed by atoms with E-state index in [9.17, 15) is 0 Å². The first-order valence-electron chi connectivity index (χ1n) is 28.6. The van der Waals surface area contributed by atoms with Crippen molar-refractivity contribution in [2.75, 3.05) is 4.90 Å². The molecule has 0 N–H and O–H groups in total. The summed E-state index contributed by atoms with van der Waals surface area (Å²) < 4.78 is 13.3. The fourth-order valence-electron chi connectivity index (χ4n) is 14.6. The van der Waals surface area contributed by atoms with E-state index in [4.69, 9.17) is 9.47 Å². The molecule has 0 saturated carbocycles. The van der Waals surface area contributed by atoms with Crippen molar-refractivity contribution < 1.29 is 9.47 Å². The molecule has 17 rings (SSSR count). The zero-order chi connectivity index (χ0) is 54.6. The Morgan fingerprint density at radius 2 is 0.458 bits per heavy atom. The van der Waals surface area contributed by atoms with Crippen molar-refractivity contribution >= 4 is 17.1 Å². The second-order valence-corrected chi connectivity index (χ2v) is 22.2. The Morgan fingerprint density at radius 3 is 0.831 bits per heavy atom. The Bertz CT molecular complexity index is 4380. The lowest BCUT2D eigenvalue weighted by Gasteiger charge is -2.39. The molecule has 0 unspecified atom stereocenters. The standard InChI is InChI=1S/C80H51NO2/c1-2-18-52(19-3-1)53-36-38-54(39-37-53)55-40-46-58(47-41-55)81(59-48-42-56(43-49-59)61-22-16-30-71-77(61)63-20-4-6-24-65(63)79(71)67-26-8-12-32-73(67)82-74-33-13-9-27-68(74)79)60-50-44-57(45-51-60)62-23-17-31-72-78(62)64-21-5-7-25-66(64)80(72)69-28-10-14-34-75(69)83-76-35-15-11-29-70(76)80/h1-51H. The summed E-state index contributed by atoms with van der Waals surface area (Å²) in [4.78, 5) is 2.39. The van der Waals surface area contributed by atoms with Crippen LogP contribution in [0.5, 0.6) is 23.0 Å². The Labute approximate surface area is 483 Å². The number of hydrogen-bond acceptors (Lipinski definition) is 3. The summed E-state index contributed by atoms with van der Waals surface area (Å²) >= 11 is 0. The van der Waals surface area contributed by atoms with Gasteiger partial charge < -0.3 is 14.4 Å². The number of benzene rings is 13. The number of para-hydroxylation sites is 4. The zero-order valence-electron chi connectivity index (χ0n) is 45.2. The second kappa shape index (κ2) is 18.4. The van der Waals surface area contributed by atoms with Crippen LogP contribution < -0.4 is 14.4 Å². The molecule has 4 aliphatic rings. The summed E-state index contributed by atoms with van der Waals surface area (Å²) in [6, 6.07) is 113. The molecule has 2 aliphatic heterocycles. The third-order valence-electron chi connectivity index (χ3n) is 18.1. The molecule has 0 fully saturated rings. The van der Waals surface area contributed by atoms with E-state index in [0.29, 0.717) is 0 Å². The molecular formula is C80H51NO2. The molecule has 2 heterocycles. The summed E-state index contributed by atoms with van der Waals surface area (Å²) in [7, 11) is 0. The molecule has 13 aromatic rings. The predicted molar refractivity (Wildman–Crippen MR) is 338 cm³/mol. The first-order valence-corrected chi connectivity index (χ1v) is 28.6. The van der Waals surface area contributed by atoms with E-state index < -0.39 is 10.8 Å². The number of ether oxygens (including phenoxy) is 2. The largest absolute Gasteiger partial charge is 0.457 e. The smallest absolute Gasteiger partial charge is 0.132 e. The first kappa shape index (κ1) is 47.1. The summed E-state index contributed by atoms with van der Waals surface area (Å²) in [5.41, 5.74) is 26.3. The molecule has 388 valence electrons. The SMILES string of the molecule is c1ccc(-c2ccc(-c3ccc(N(c4ccc(-c5cccc6c5-c5ccccc5C65c6ccccc6Oc6ccccc65)cc4)c4ccc(-c5cccc6c5-c5ccccc5C65c6ccccc6Oc6ccccc65)cc4)cc3)cc2)cc1. The van der Waals surface area contributed by atoms with E-state index in [2.05, 4.69) is 314 Å². The highest BCUT2D eigenvalue weighted by atomic mass is 16.5. The maximum atomic E-state index is 6.66. The van der Waals surface area contributed by atoms with Crippen LogP contribution in [0.3, 0.4) is 0 Å². The highest BCUT2D eigenvalue weighted by Gasteiger charge is 2.53. The summed E-state index contributed by atoms with van der Waals surface area (Å²) in [6.07, 6.45) is 0. The molecular weight excluding hydrogens is 1010 g/mol. The fraction of sp³-hybridized carbons (Fsp3) is 0.0250. The van der Waals surface area contributed by atoms with Crippen LogP contribution in [0.1, 0.15) is 44.5 Å². The lowest BCUT2D eigenvalue weighted by atomic mass is 9.66. The van der Waals surface area contributed by atoms with Crippen molar-refractivity contribution in [3.05, 3.63) is 354 Å². The highest BCUT2D eigenvalue weighted by molar-refractivity contribution is 5.99. The number of nitrogens with zero attached hydrogens (tertiary/aromatic N) is 1. The van der Waals surface area contributed by atoms with Crippen molar-refractivity contribution in [2.24, 2.45) is 0 Å². The molecule has 83 heavy (non-hydrogen) atoms. The molecule has 0 saturated heterocycles. The Balaban J connectivity index is 0.786. The summed E-state index contributed by atoms with van der Waals surface area (Å²) in [5.74, 6) is 3.57. The topological polar surface area (TPSA) is 21.7 Å². The summed E-state index contributed by atoms with van der Waals surface area (Å²) in [6.45, 7) is 0. The van der Waals surface area contributed by atoms with Gasteiger partial charge in [0.1, 0.15) is 23.0 Å². The Morgan fingerprint density at radius 1 is 0.193 bits per heavy atom. The van der Waals surface area contributed by atoms with Gasteiger partial charge in [0.2, 0.25) is 0 Å². The van der Waals surface area contributed by atoms with Crippen molar-refractivity contribution in [3.63, 3.8) is 0 Å². The van der Waals surface area contributed by atoms with E-state index in [1.54, 1.807) is 0 Å². The quantitative estimate of drug-likeness (QED) is 0.159. The lowest BCUT2D eigenvalue weighted by Crippen LogP contribution is -2.32. The van der Waals surface area contributed by atoms with E-state index in [-0.39, 0.29) is 0 Å². The molecule has 3 nitrogen and oxygen atoms in total. The van der Waals surface area contributed by atoms with Crippen LogP contribution in [0.15, 0.2) is 309 Å². The average molecular weight is 1060 g/mol. The van der Waals surface area contributed by atoms with Crippen LogP contribution in [0.4, 0.5) is 17.1 Å². The van der Waals surface area contributed by atoms with Gasteiger partial charge in [-0.3, -0.25) is 0 Å². The molecule has 2 spiro atoms. The maximum Gasteiger partial charge on any atom is 0.132 e. The van der Waals surface area contributed by atoms with Gasteiger partial charge in [-0.15, -0.1) is 0 Å². The van der Waals surface area contributed by atoms with Crippen LogP contribution >= 0.6 is 0 Å². The van der Waals surface area contributed by atoms with Gasteiger partial charge in [-0.25, -0.2) is 0 Å². The molecule has 0 atom stereocenters. The van der Waals surface area contributed by atoms with E-state index in [0.717, 1.165) is 79.0 Å². The maximum absolute atomic E-state index is 6.66. The Kier molecular flexibility index (Phi) is 10.4. The number of hydrogen-bond donors (Lipinski definition) is 0. The van der Waals surface area contributed by atoms with Gasteiger partial charge in [-0.2, -0.15) is 0 Å². The van der Waals surface area contributed by atoms with Crippen LogP contribution in [-0.2, 0) is 10.8 Å². The average Bonchev–Trinajstić information content (AvgIpc) is 1.80. The van der Waals surface area contributed by atoms with Gasteiger partial charge >= 0.3 is 0 Å². The van der Waals surface area contributed by atoms with Gasteiger partial charge in [0.15, 0.2) is 0 Å². The number of rotatable bonds is 7. The molecule has 0 amide bonds. The van der Waals surface area contributed by atoms with E-state index in [1.807, 2.05) is 0 Å². The van der Waals surface area contributed by atoms with Crippen LogP contribution in [0, 0.1) is 0 Å². The van der Waals surface area contributed by atoms with Gasteiger partial charge in [-0.05, 0) is 150 Å². The molecule has 0 bridgehead atoms. The van der Waals surface area contributed by atoms with Gasteiger partial charge in [0.05, 0.1) is 10.8 Å². The van der Waals surface area contributed by atoms with Crippen LogP contribution in [0.25, 0.3) is 66.8 Å². The zero-order valence-corrected chi connectivity index (χ0v) is 45.2. The Hall–Kier alpha value is -10.7. The molecule has 2 aliphatic carbocycles. The lowest BCUT2D eigenvalue weighted by molar-refractivity contribution is 0.436. The first-order chi connectivity index (χ1) is 41.2. The van der Waals surface area contributed by atoms with E-state index in [1.165, 1.54) is 72.3 Å². The minimum absolute atomic E-state index is 0.543. The van der Waals surface area contributed by atoms with Gasteiger partial charge in [0, 0.05) is 39.3 Å². The number of fused-ring (bicyclic) bond motifs is 18. The normalized spacial score (nSPS) is 13.7. The third-order valence-corrected chi connectivity index (χ3v) is 18.1. The third kappa shape index (κ3) is 6.86. The molecule has 0 radical (unpaired) electrons. The van der Waals surface area contributed by atoms with Gasteiger partial charge in [-0.1, -0.05) is 249 Å². The van der Waals surface area contributed by atoms with Crippen LogP contribution in [0.2, 0.25) is 0 Å². The van der Waals surface area contributed by atoms with Crippen LogP contribution in [-0.4, -0.2) is 0 Å². The monoisotopic (exact) mass is 1060 g/mol. The molecule has 0 aromatic heterocycles. The van der Waals surface area contributed by atoms with Crippen molar-refractivity contribution in [3.8, 4) is 89.8 Å². The van der Waals surface area contributed by atoms with Gasteiger partial charge in [0.25, 0.3) is 0 Å². The molecule has 3 heteroatoms. The predicted octanol–water partition coefficient (Wildman–Crippen LogP) is 20.8. The molecule has 13 aromatic carbocycles. The minimum Gasteiger partial charge on any atom is -0.457 e. The second-order valence-electron chi connectivity index (χ2n) is 22.2. The van der Waals surface area contributed by atoms with Crippen molar-refractivity contribution in [1.82, 2.24) is 0 Å². The summed E-state index contributed by atoms with van der Waals surface area (Å²) in [5, 5.41) is 0. The van der Waals surface area contributed by atoms with E-state index >= 15 is 0 Å². The minimum atomic E-state index is -0.543.